The molecule has 1 aromatic carbocycles. The summed E-state index contributed by atoms with van der Waals surface area (Å²) in [5, 5.41) is 0. The van der Waals surface area contributed by atoms with Crippen LogP contribution in [0.5, 0.6) is 0 Å². The van der Waals surface area contributed by atoms with Crippen molar-refractivity contribution in [1.82, 2.24) is 4.98 Å². The summed E-state index contributed by atoms with van der Waals surface area (Å²) in [6.07, 6.45) is 1.63. The standard InChI is InChI=1S/C14H11ClN2O2S/c1-7-3-4-8(2)11-10(7)12(18)13(19)17(11)6-9-5-16-14(15)20-9/h3-5H,6H2,1-2H3. The number of aryl methyl sites for hydroxylation is 2. The molecule has 0 unspecified atom stereocenters. The Morgan fingerprint density at radius 3 is 2.60 bits per heavy atom. The second-order valence-corrected chi connectivity index (χ2v) is 6.42. The number of ketones is 1. The van der Waals surface area contributed by atoms with Crippen molar-refractivity contribution in [2.45, 2.75) is 20.4 Å². The van der Waals surface area contributed by atoms with Gasteiger partial charge in [-0.2, -0.15) is 0 Å². The number of fused-ring (bicyclic) bond motifs is 1. The number of rotatable bonds is 2. The first-order chi connectivity index (χ1) is 9.49. The number of hydrogen-bond acceptors (Lipinski definition) is 4. The van der Waals surface area contributed by atoms with Gasteiger partial charge in [-0.1, -0.05) is 23.7 Å². The summed E-state index contributed by atoms with van der Waals surface area (Å²) in [4.78, 5) is 30.7. The first-order valence-corrected chi connectivity index (χ1v) is 7.25. The van der Waals surface area contributed by atoms with E-state index in [-0.39, 0.29) is 0 Å². The number of hydrogen-bond donors (Lipinski definition) is 0. The maximum atomic E-state index is 12.2. The van der Waals surface area contributed by atoms with E-state index in [9.17, 15) is 9.59 Å². The molecular weight excluding hydrogens is 296 g/mol. The number of amides is 1. The normalized spacial score (nSPS) is 14.1. The van der Waals surface area contributed by atoms with Crippen LogP contribution in [0.3, 0.4) is 0 Å². The zero-order valence-electron chi connectivity index (χ0n) is 10.9. The minimum absolute atomic E-state index is 0.326. The van der Waals surface area contributed by atoms with Gasteiger partial charge in [-0.15, -0.1) is 11.3 Å². The molecule has 4 nitrogen and oxygen atoms in total. The molecule has 1 aliphatic heterocycles. The summed E-state index contributed by atoms with van der Waals surface area (Å²) in [5.74, 6) is -0.918. The van der Waals surface area contributed by atoms with E-state index in [1.54, 1.807) is 6.20 Å². The zero-order valence-corrected chi connectivity index (χ0v) is 12.5. The highest BCUT2D eigenvalue weighted by atomic mass is 35.5. The number of aromatic nitrogens is 1. The van der Waals surface area contributed by atoms with Gasteiger partial charge in [-0.05, 0) is 25.0 Å². The van der Waals surface area contributed by atoms with E-state index in [1.807, 2.05) is 26.0 Å². The molecule has 0 atom stereocenters. The molecule has 0 fully saturated rings. The number of thiazole rings is 1. The van der Waals surface area contributed by atoms with Crippen LogP contribution in [0.25, 0.3) is 0 Å². The molecule has 0 bridgehead atoms. The van der Waals surface area contributed by atoms with E-state index in [1.165, 1.54) is 16.2 Å². The predicted octanol–water partition coefficient (Wildman–Crippen LogP) is 3.14. The lowest BCUT2D eigenvalue weighted by atomic mass is 10.0. The van der Waals surface area contributed by atoms with Crippen LogP contribution in [0.4, 0.5) is 5.69 Å². The molecule has 0 saturated heterocycles. The lowest BCUT2D eigenvalue weighted by molar-refractivity contribution is -0.114. The van der Waals surface area contributed by atoms with Gasteiger partial charge in [0.15, 0.2) is 4.47 Å². The molecule has 0 N–H and O–H groups in total. The third-order valence-electron chi connectivity index (χ3n) is 3.36. The van der Waals surface area contributed by atoms with E-state index in [4.69, 9.17) is 11.6 Å². The molecule has 3 rings (SSSR count). The van der Waals surface area contributed by atoms with Gasteiger partial charge < -0.3 is 0 Å². The highest BCUT2D eigenvalue weighted by molar-refractivity contribution is 7.15. The molecule has 1 aliphatic rings. The molecule has 2 heterocycles. The minimum Gasteiger partial charge on any atom is -0.299 e. The van der Waals surface area contributed by atoms with E-state index >= 15 is 0 Å². The van der Waals surface area contributed by atoms with Gasteiger partial charge in [0.2, 0.25) is 0 Å². The second-order valence-electron chi connectivity index (χ2n) is 4.72. The van der Waals surface area contributed by atoms with Crippen LogP contribution in [0, 0.1) is 13.8 Å². The molecule has 0 saturated carbocycles. The average molecular weight is 307 g/mol. The summed E-state index contributed by atoms with van der Waals surface area (Å²) in [6.45, 7) is 4.07. The lowest BCUT2D eigenvalue weighted by Gasteiger charge is -2.17. The fraction of sp³-hybridized carbons (Fsp3) is 0.214. The van der Waals surface area contributed by atoms with Crippen molar-refractivity contribution < 1.29 is 9.59 Å². The first kappa shape index (κ1) is 13.3. The maximum Gasteiger partial charge on any atom is 0.299 e. The van der Waals surface area contributed by atoms with Crippen molar-refractivity contribution in [1.29, 1.82) is 0 Å². The number of benzene rings is 1. The van der Waals surface area contributed by atoms with Crippen molar-refractivity contribution in [3.05, 3.63) is 44.4 Å². The third kappa shape index (κ3) is 1.94. The number of Topliss-reactive ketones (excluding diaryl/α,β-unsaturated/α-hetero) is 1. The highest BCUT2D eigenvalue weighted by Gasteiger charge is 2.38. The van der Waals surface area contributed by atoms with Crippen LogP contribution in [0.15, 0.2) is 18.3 Å². The maximum absolute atomic E-state index is 12.2. The van der Waals surface area contributed by atoms with Gasteiger partial charge >= 0.3 is 0 Å². The number of carbonyl (C=O) groups excluding carboxylic acids is 2. The Bertz CT molecular complexity index is 739. The van der Waals surface area contributed by atoms with Crippen LogP contribution in [-0.2, 0) is 11.3 Å². The fourth-order valence-electron chi connectivity index (χ4n) is 2.43. The van der Waals surface area contributed by atoms with Crippen LogP contribution < -0.4 is 4.90 Å². The van der Waals surface area contributed by atoms with Gasteiger partial charge in [0.05, 0.1) is 17.8 Å². The second kappa shape index (κ2) is 4.68. The van der Waals surface area contributed by atoms with Crippen LogP contribution in [0.1, 0.15) is 26.4 Å². The summed E-state index contributed by atoms with van der Waals surface area (Å²) in [5.41, 5.74) is 2.98. The smallest absolute Gasteiger partial charge is 0.299 e. The fourth-order valence-corrected chi connectivity index (χ4v) is 3.39. The Morgan fingerprint density at radius 1 is 1.25 bits per heavy atom. The van der Waals surface area contributed by atoms with Gasteiger partial charge in [0.1, 0.15) is 0 Å². The Labute approximate surface area is 125 Å². The molecule has 0 aliphatic carbocycles. The molecule has 2 aromatic rings. The number of carbonyl (C=O) groups is 2. The molecule has 0 spiro atoms. The SMILES string of the molecule is Cc1ccc(C)c2c1C(=O)C(=O)N2Cc1cnc(Cl)s1. The first-order valence-electron chi connectivity index (χ1n) is 6.05. The minimum atomic E-state index is -0.484. The van der Waals surface area contributed by atoms with Gasteiger partial charge in [0, 0.05) is 11.1 Å². The van der Waals surface area contributed by atoms with Crippen LogP contribution in [-0.4, -0.2) is 16.7 Å². The number of anilines is 1. The Balaban J connectivity index is 2.08. The summed E-state index contributed by atoms with van der Waals surface area (Å²) >= 11 is 7.12. The van der Waals surface area contributed by atoms with E-state index in [0.29, 0.717) is 22.3 Å². The van der Waals surface area contributed by atoms with Crippen molar-refractivity contribution in [3.8, 4) is 0 Å². The Morgan fingerprint density at radius 2 is 1.95 bits per heavy atom. The molecule has 102 valence electrons. The predicted molar refractivity (Wildman–Crippen MR) is 78.6 cm³/mol. The molecule has 20 heavy (non-hydrogen) atoms. The molecule has 6 heteroatoms. The lowest BCUT2D eigenvalue weighted by Crippen LogP contribution is -2.29. The summed E-state index contributed by atoms with van der Waals surface area (Å²) < 4.78 is 0.430. The zero-order chi connectivity index (χ0) is 14.4. The third-order valence-corrected chi connectivity index (χ3v) is 4.46. The van der Waals surface area contributed by atoms with Gasteiger partial charge in [-0.25, -0.2) is 4.98 Å². The largest absolute Gasteiger partial charge is 0.299 e. The van der Waals surface area contributed by atoms with Crippen LogP contribution >= 0.6 is 22.9 Å². The van der Waals surface area contributed by atoms with E-state index in [2.05, 4.69) is 4.98 Å². The quantitative estimate of drug-likeness (QED) is 0.801. The van der Waals surface area contributed by atoms with Gasteiger partial charge in [-0.3, -0.25) is 14.5 Å². The number of halogens is 1. The highest BCUT2D eigenvalue weighted by Crippen LogP contribution is 2.36. The monoisotopic (exact) mass is 306 g/mol. The van der Waals surface area contributed by atoms with Crippen molar-refractivity contribution in [2.24, 2.45) is 0 Å². The van der Waals surface area contributed by atoms with Crippen molar-refractivity contribution in [3.63, 3.8) is 0 Å². The van der Waals surface area contributed by atoms with Gasteiger partial charge in [0.25, 0.3) is 11.7 Å². The molecular formula is C14H11ClN2O2S. The Kier molecular flexibility index (Phi) is 3.11. The van der Waals surface area contributed by atoms with Crippen LogP contribution in [0.2, 0.25) is 4.47 Å². The van der Waals surface area contributed by atoms with Crippen molar-refractivity contribution in [2.75, 3.05) is 4.90 Å². The molecule has 1 amide bonds. The van der Waals surface area contributed by atoms with E-state index in [0.717, 1.165) is 16.0 Å². The number of nitrogens with zero attached hydrogens (tertiary/aromatic N) is 2. The topological polar surface area (TPSA) is 50.3 Å². The van der Waals surface area contributed by atoms with Crippen molar-refractivity contribution >= 4 is 40.3 Å². The average Bonchev–Trinajstić information content (AvgIpc) is 2.92. The molecule has 0 radical (unpaired) electrons. The Hall–Kier alpha value is -1.72. The summed E-state index contributed by atoms with van der Waals surface area (Å²) in [7, 11) is 0. The molecule has 1 aromatic heterocycles. The summed E-state index contributed by atoms with van der Waals surface area (Å²) in [6, 6.07) is 3.79. The van der Waals surface area contributed by atoms with E-state index < -0.39 is 11.7 Å².